The van der Waals surface area contributed by atoms with Gasteiger partial charge in [0, 0.05) is 25.1 Å². The van der Waals surface area contributed by atoms with Crippen LogP contribution in [-0.2, 0) is 14.8 Å². The molecule has 1 heterocycles. The Morgan fingerprint density at radius 2 is 2.09 bits per heavy atom. The number of rotatable bonds is 4. The number of benzene rings is 1. The van der Waals surface area contributed by atoms with E-state index in [2.05, 4.69) is 15.0 Å². The minimum atomic E-state index is -3.67. The van der Waals surface area contributed by atoms with Crippen molar-refractivity contribution in [3.63, 3.8) is 0 Å². The van der Waals surface area contributed by atoms with Crippen LogP contribution in [0.25, 0.3) is 0 Å². The summed E-state index contributed by atoms with van der Waals surface area (Å²) >= 11 is 0. The average molecular weight is 323 g/mol. The largest absolute Gasteiger partial charge is 0.326 e. The van der Waals surface area contributed by atoms with E-state index >= 15 is 0 Å². The Labute approximate surface area is 131 Å². The topological polar surface area (TPSA) is 87.6 Å². The number of hydrogen-bond donors (Lipinski definition) is 2. The molecule has 0 radical (unpaired) electrons. The normalized spacial score (nSPS) is 15.6. The fourth-order valence-corrected chi connectivity index (χ4v) is 3.30. The molecule has 0 fully saturated rings. The van der Waals surface area contributed by atoms with E-state index in [0.717, 1.165) is 19.3 Å². The molecule has 0 aromatic heterocycles. The molecule has 120 valence electrons. The van der Waals surface area contributed by atoms with E-state index in [0.29, 0.717) is 30.9 Å². The van der Waals surface area contributed by atoms with Crippen LogP contribution in [0.15, 0.2) is 34.2 Å². The van der Waals surface area contributed by atoms with E-state index in [-0.39, 0.29) is 10.8 Å². The second-order valence-corrected chi connectivity index (χ2v) is 6.86. The van der Waals surface area contributed by atoms with Crippen molar-refractivity contribution in [1.29, 1.82) is 0 Å². The summed E-state index contributed by atoms with van der Waals surface area (Å²) in [5, 5.41) is 2.66. The first kappa shape index (κ1) is 16.5. The Hall–Kier alpha value is -1.89. The van der Waals surface area contributed by atoms with Crippen LogP contribution in [0.1, 0.15) is 39.0 Å². The van der Waals surface area contributed by atoms with Crippen molar-refractivity contribution in [2.75, 3.05) is 11.9 Å². The SMILES string of the molecule is CCC(=O)Nc1cccc(S(=O)(=O)NC2=NCCCCC2)c1. The molecule has 1 aliphatic rings. The molecule has 7 heteroatoms. The first-order chi connectivity index (χ1) is 10.5. The number of amidine groups is 1. The quantitative estimate of drug-likeness (QED) is 0.891. The molecular weight excluding hydrogens is 302 g/mol. The Balaban J connectivity index is 2.16. The lowest BCUT2D eigenvalue weighted by atomic mass is 10.2. The standard InChI is InChI=1S/C15H21N3O3S/c1-2-15(19)17-12-7-6-8-13(11-12)22(20,21)18-14-9-4-3-5-10-16-14/h6-8,11H,2-5,9-10H2,1H3,(H,16,18)(H,17,19). The highest BCUT2D eigenvalue weighted by Crippen LogP contribution is 2.16. The van der Waals surface area contributed by atoms with Gasteiger partial charge in [-0.05, 0) is 31.0 Å². The van der Waals surface area contributed by atoms with E-state index < -0.39 is 10.0 Å². The molecule has 0 saturated heterocycles. The Bertz CT molecular complexity index is 668. The van der Waals surface area contributed by atoms with E-state index in [1.54, 1.807) is 19.1 Å². The highest BCUT2D eigenvalue weighted by atomic mass is 32.2. The van der Waals surface area contributed by atoms with Crippen LogP contribution in [0.2, 0.25) is 0 Å². The third-order valence-electron chi connectivity index (χ3n) is 3.38. The van der Waals surface area contributed by atoms with Gasteiger partial charge in [-0.2, -0.15) is 0 Å². The molecule has 0 bridgehead atoms. The van der Waals surface area contributed by atoms with Gasteiger partial charge in [0.2, 0.25) is 5.91 Å². The number of hydrogen-bond acceptors (Lipinski definition) is 4. The van der Waals surface area contributed by atoms with Crippen LogP contribution in [0, 0.1) is 0 Å². The van der Waals surface area contributed by atoms with Crippen molar-refractivity contribution >= 4 is 27.5 Å². The predicted molar refractivity (Wildman–Crippen MR) is 86.5 cm³/mol. The molecule has 22 heavy (non-hydrogen) atoms. The smallest absolute Gasteiger partial charge is 0.262 e. The maximum Gasteiger partial charge on any atom is 0.262 e. The summed E-state index contributed by atoms with van der Waals surface area (Å²) in [6.07, 6.45) is 3.97. The zero-order chi connectivity index (χ0) is 16.0. The van der Waals surface area contributed by atoms with Gasteiger partial charge in [0.15, 0.2) is 0 Å². The molecule has 2 rings (SSSR count). The van der Waals surface area contributed by atoms with Gasteiger partial charge >= 0.3 is 0 Å². The number of amides is 1. The zero-order valence-corrected chi connectivity index (χ0v) is 13.4. The summed E-state index contributed by atoms with van der Waals surface area (Å²) in [4.78, 5) is 15.8. The first-order valence-electron chi connectivity index (χ1n) is 7.47. The third kappa shape index (κ3) is 4.56. The summed E-state index contributed by atoms with van der Waals surface area (Å²) in [5.74, 6) is 0.358. The van der Waals surface area contributed by atoms with Crippen LogP contribution in [-0.4, -0.2) is 26.7 Å². The molecule has 2 N–H and O–H groups in total. The van der Waals surface area contributed by atoms with E-state index in [1.807, 2.05) is 0 Å². The Kier molecular flexibility index (Phi) is 5.54. The number of nitrogens with zero attached hydrogens (tertiary/aromatic N) is 1. The fourth-order valence-electron chi connectivity index (χ4n) is 2.16. The monoisotopic (exact) mass is 323 g/mol. The minimum Gasteiger partial charge on any atom is -0.326 e. The molecule has 6 nitrogen and oxygen atoms in total. The van der Waals surface area contributed by atoms with Crippen LogP contribution >= 0.6 is 0 Å². The number of carbonyl (C=O) groups excluding carboxylic acids is 1. The van der Waals surface area contributed by atoms with Crippen LogP contribution in [0.5, 0.6) is 0 Å². The minimum absolute atomic E-state index is 0.119. The molecule has 1 aromatic carbocycles. The molecule has 0 spiro atoms. The molecule has 0 atom stereocenters. The van der Waals surface area contributed by atoms with Crippen molar-refractivity contribution in [3.8, 4) is 0 Å². The second kappa shape index (κ2) is 7.40. The maximum atomic E-state index is 12.4. The summed E-state index contributed by atoms with van der Waals surface area (Å²) in [6.45, 7) is 2.39. The van der Waals surface area contributed by atoms with Gasteiger partial charge in [0.25, 0.3) is 10.0 Å². The zero-order valence-electron chi connectivity index (χ0n) is 12.6. The average Bonchev–Trinajstić information content (AvgIpc) is 2.75. The summed E-state index contributed by atoms with van der Waals surface area (Å²) in [5.41, 5.74) is 0.470. The van der Waals surface area contributed by atoms with E-state index in [9.17, 15) is 13.2 Å². The van der Waals surface area contributed by atoms with Gasteiger partial charge in [0.05, 0.1) is 4.90 Å². The Morgan fingerprint density at radius 3 is 2.86 bits per heavy atom. The Morgan fingerprint density at radius 1 is 1.27 bits per heavy atom. The number of nitrogens with one attached hydrogen (secondary N) is 2. The summed E-state index contributed by atoms with van der Waals surface area (Å²) in [6, 6.07) is 6.22. The lowest BCUT2D eigenvalue weighted by Crippen LogP contribution is -2.30. The summed E-state index contributed by atoms with van der Waals surface area (Å²) < 4.78 is 27.4. The number of anilines is 1. The highest BCUT2D eigenvalue weighted by Gasteiger charge is 2.17. The number of aliphatic imine (C=N–C) groups is 1. The van der Waals surface area contributed by atoms with Crippen molar-refractivity contribution in [3.05, 3.63) is 24.3 Å². The molecule has 0 saturated carbocycles. The van der Waals surface area contributed by atoms with Crippen molar-refractivity contribution in [2.24, 2.45) is 4.99 Å². The lowest BCUT2D eigenvalue weighted by molar-refractivity contribution is -0.115. The van der Waals surface area contributed by atoms with Gasteiger partial charge in [-0.15, -0.1) is 0 Å². The van der Waals surface area contributed by atoms with Gasteiger partial charge < -0.3 is 5.32 Å². The van der Waals surface area contributed by atoms with Crippen molar-refractivity contribution in [2.45, 2.75) is 43.9 Å². The number of carbonyl (C=O) groups is 1. The molecule has 0 aliphatic carbocycles. The molecule has 1 aromatic rings. The molecule has 1 aliphatic heterocycles. The summed E-state index contributed by atoms with van der Waals surface area (Å²) in [7, 11) is -3.67. The first-order valence-corrected chi connectivity index (χ1v) is 8.95. The van der Waals surface area contributed by atoms with Crippen LogP contribution < -0.4 is 10.0 Å². The van der Waals surface area contributed by atoms with Gasteiger partial charge in [0.1, 0.15) is 5.84 Å². The van der Waals surface area contributed by atoms with Crippen LogP contribution in [0.3, 0.4) is 0 Å². The highest BCUT2D eigenvalue weighted by molar-refractivity contribution is 7.90. The predicted octanol–water partition coefficient (Wildman–Crippen LogP) is 2.29. The maximum absolute atomic E-state index is 12.4. The van der Waals surface area contributed by atoms with Crippen molar-refractivity contribution < 1.29 is 13.2 Å². The van der Waals surface area contributed by atoms with Crippen molar-refractivity contribution in [1.82, 2.24) is 4.72 Å². The van der Waals surface area contributed by atoms with E-state index in [1.165, 1.54) is 12.1 Å². The fraction of sp³-hybridized carbons (Fsp3) is 0.467. The molecular formula is C15H21N3O3S. The second-order valence-electron chi connectivity index (χ2n) is 5.17. The van der Waals surface area contributed by atoms with Crippen LogP contribution in [0.4, 0.5) is 5.69 Å². The molecule has 0 unspecified atom stereocenters. The molecule has 1 amide bonds. The van der Waals surface area contributed by atoms with Gasteiger partial charge in [-0.1, -0.05) is 19.4 Å². The van der Waals surface area contributed by atoms with E-state index in [4.69, 9.17) is 0 Å². The van der Waals surface area contributed by atoms with Gasteiger partial charge in [-0.25, -0.2) is 8.42 Å². The lowest BCUT2D eigenvalue weighted by Gasteiger charge is -2.11. The third-order valence-corrected chi connectivity index (χ3v) is 4.75. The van der Waals surface area contributed by atoms with Gasteiger partial charge in [-0.3, -0.25) is 14.5 Å². The number of sulfonamides is 1.